The predicted molar refractivity (Wildman–Crippen MR) is 134 cm³/mol. The summed E-state index contributed by atoms with van der Waals surface area (Å²) in [6.07, 6.45) is 1.81. The molecule has 0 aliphatic rings. The third-order valence-corrected chi connectivity index (χ3v) is 5.69. The molecule has 0 saturated carbocycles. The van der Waals surface area contributed by atoms with E-state index in [1.165, 1.54) is 0 Å². The summed E-state index contributed by atoms with van der Waals surface area (Å²) >= 11 is 0. The topological polar surface area (TPSA) is 177 Å². The number of carbonyl (C=O) groups excluding carboxylic acids is 3. The second-order valence-corrected chi connectivity index (χ2v) is 9.44. The van der Waals surface area contributed by atoms with E-state index < -0.39 is 47.9 Å². The van der Waals surface area contributed by atoms with E-state index in [-0.39, 0.29) is 18.3 Å². The number of unbranched alkanes of at least 4 members (excludes halogenated alkanes) is 1. The van der Waals surface area contributed by atoms with Crippen molar-refractivity contribution in [2.45, 2.75) is 77.5 Å². The molecule has 0 aromatic heterocycles. The molecule has 35 heavy (non-hydrogen) atoms. The van der Waals surface area contributed by atoms with E-state index in [0.29, 0.717) is 25.8 Å². The lowest BCUT2D eigenvalue weighted by Gasteiger charge is -2.27. The van der Waals surface area contributed by atoms with Crippen LogP contribution in [-0.2, 0) is 25.6 Å². The fourth-order valence-corrected chi connectivity index (χ4v) is 3.55. The molecule has 0 fully saturated rings. The van der Waals surface area contributed by atoms with Crippen LogP contribution in [0.25, 0.3) is 0 Å². The number of nitrogens with one attached hydrogen (secondary N) is 3. The summed E-state index contributed by atoms with van der Waals surface area (Å²) in [5.74, 6) is -3.38. The monoisotopic (exact) mass is 491 g/mol. The van der Waals surface area contributed by atoms with Gasteiger partial charge in [0.1, 0.15) is 18.1 Å². The first kappa shape index (κ1) is 30.1. The molecule has 0 aliphatic carbocycles. The lowest BCUT2D eigenvalue weighted by Crippen LogP contribution is -2.59. The highest BCUT2D eigenvalue weighted by Gasteiger charge is 2.32. The van der Waals surface area contributed by atoms with Gasteiger partial charge in [-0.1, -0.05) is 58.0 Å². The number of aliphatic carboxylic acids is 1. The number of benzene rings is 1. The van der Waals surface area contributed by atoms with Gasteiger partial charge in [0.05, 0.1) is 6.04 Å². The highest BCUT2D eigenvalue weighted by atomic mass is 16.4. The van der Waals surface area contributed by atoms with Gasteiger partial charge >= 0.3 is 5.97 Å². The molecule has 0 spiro atoms. The first-order chi connectivity index (χ1) is 16.5. The number of carboxylic acids is 1. The van der Waals surface area contributed by atoms with E-state index in [1.54, 1.807) is 27.7 Å². The second kappa shape index (κ2) is 15.1. The Morgan fingerprint density at radius 3 is 1.91 bits per heavy atom. The summed E-state index contributed by atoms with van der Waals surface area (Å²) in [5.41, 5.74) is 12.5. The van der Waals surface area contributed by atoms with Gasteiger partial charge in [-0.25, -0.2) is 4.79 Å². The minimum atomic E-state index is -1.15. The summed E-state index contributed by atoms with van der Waals surface area (Å²) in [6, 6.07) is 5.49. The van der Waals surface area contributed by atoms with Crippen LogP contribution >= 0.6 is 0 Å². The lowest BCUT2D eigenvalue weighted by atomic mass is 9.99. The SMILES string of the molecule is CC(C)C(NC(=O)C(CCCCN)NC(=O)C(NC(=O)C(N)Cc1ccccc1)C(C)C)C(=O)O. The standard InChI is InChI=1S/C25H41N5O5/c1-15(2)20(29-22(31)18(27)14-17-10-6-5-7-11-17)24(33)28-19(12-8-9-13-26)23(32)30-21(16(3)4)25(34)35/h5-7,10-11,15-16,18-21H,8-9,12-14,26-27H2,1-4H3,(H,28,33)(H,29,31)(H,30,32)(H,34,35). The molecule has 0 radical (unpaired) electrons. The quantitative estimate of drug-likeness (QED) is 0.194. The van der Waals surface area contributed by atoms with Crippen LogP contribution in [0, 0.1) is 11.8 Å². The minimum absolute atomic E-state index is 0.280. The Morgan fingerprint density at radius 2 is 1.40 bits per heavy atom. The van der Waals surface area contributed by atoms with Gasteiger partial charge in [-0.3, -0.25) is 14.4 Å². The van der Waals surface area contributed by atoms with Crippen molar-refractivity contribution in [1.29, 1.82) is 0 Å². The zero-order valence-corrected chi connectivity index (χ0v) is 21.1. The Labute approximate surface area is 207 Å². The maximum absolute atomic E-state index is 13.1. The van der Waals surface area contributed by atoms with E-state index in [1.807, 2.05) is 30.3 Å². The van der Waals surface area contributed by atoms with Gasteiger partial charge in [0.25, 0.3) is 0 Å². The number of amides is 3. The average molecular weight is 492 g/mol. The number of carbonyl (C=O) groups is 4. The molecule has 0 aliphatic heterocycles. The number of hydrogen-bond acceptors (Lipinski definition) is 6. The zero-order chi connectivity index (χ0) is 26.5. The van der Waals surface area contributed by atoms with Crippen molar-refractivity contribution < 1.29 is 24.3 Å². The van der Waals surface area contributed by atoms with Gasteiger partial charge in [-0.2, -0.15) is 0 Å². The molecule has 0 heterocycles. The molecule has 0 bridgehead atoms. The highest BCUT2D eigenvalue weighted by Crippen LogP contribution is 2.09. The Bertz CT molecular complexity index is 831. The maximum atomic E-state index is 13.1. The maximum Gasteiger partial charge on any atom is 0.326 e. The first-order valence-electron chi connectivity index (χ1n) is 12.1. The Hall–Kier alpha value is -2.98. The normalized spacial score (nSPS) is 14.6. The minimum Gasteiger partial charge on any atom is -0.480 e. The number of carboxylic acid groups (broad SMARTS) is 1. The van der Waals surface area contributed by atoms with E-state index in [2.05, 4.69) is 16.0 Å². The largest absolute Gasteiger partial charge is 0.480 e. The summed E-state index contributed by atoms with van der Waals surface area (Å²) in [7, 11) is 0. The third-order valence-electron chi connectivity index (χ3n) is 5.69. The first-order valence-corrected chi connectivity index (χ1v) is 12.1. The van der Waals surface area contributed by atoms with Crippen molar-refractivity contribution in [2.75, 3.05) is 6.54 Å². The van der Waals surface area contributed by atoms with Crippen molar-refractivity contribution in [1.82, 2.24) is 16.0 Å². The predicted octanol–water partition coefficient (Wildman–Crippen LogP) is 0.536. The van der Waals surface area contributed by atoms with Crippen LogP contribution in [-0.4, -0.2) is 59.5 Å². The van der Waals surface area contributed by atoms with Crippen molar-refractivity contribution in [3.05, 3.63) is 35.9 Å². The summed E-state index contributed by atoms with van der Waals surface area (Å²) in [6.45, 7) is 7.34. The van der Waals surface area contributed by atoms with Crippen molar-refractivity contribution in [2.24, 2.45) is 23.3 Å². The summed E-state index contributed by atoms with van der Waals surface area (Å²) < 4.78 is 0. The van der Waals surface area contributed by atoms with Crippen LogP contribution < -0.4 is 27.4 Å². The summed E-state index contributed by atoms with van der Waals surface area (Å²) in [5, 5.41) is 17.3. The van der Waals surface area contributed by atoms with Crippen LogP contribution in [0.5, 0.6) is 0 Å². The fraction of sp³-hybridized carbons (Fsp3) is 0.600. The summed E-state index contributed by atoms with van der Waals surface area (Å²) in [4.78, 5) is 50.2. The van der Waals surface area contributed by atoms with E-state index in [0.717, 1.165) is 5.56 Å². The van der Waals surface area contributed by atoms with Crippen LogP contribution in [0.4, 0.5) is 0 Å². The van der Waals surface area contributed by atoms with E-state index in [4.69, 9.17) is 11.5 Å². The zero-order valence-electron chi connectivity index (χ0n) is 21.1. The van der Waals surface area contributed by atoms with Crippen LogP contribution in [0.2, 0.25) is 0 Å². The van der Waals surface area contributed by atoms with Crippen molar-refractivity contribution in [3.63, 3.8) is 0 Å². The Morgan fingerprint density at radius 1 is 0.829 bits per heavy atom. The molecule has 1 aromatic carbocycles. The molecular formula is C25H41N5O5. The molecule has 8 N–H and O–H groups in total. The highest BCUT2D eigenvalue weighted by molar-refractivity contribution is 5.94. The molecule has 0 saturated heterocycles. The third kappa shape index (κ3) is 10.4. The van der Waals surface area contributed by atoms with Gasteiger partial charge in [-0.05, 0) is 49.6 Å². The molecular weight excluding hydrogens is 450 g/mol. The molecule has 3 amide bonds. The molecule has 4 atom stereocenters. The second-order valence-electron chi connectivity index (χ2n) is 9.44. The number of hydrogen-bond donors (Lipinski definition) is 6. The van der Waals surface area contributed by atoms with Gasteiger partial charge < -0.3 is 32.5 Å². The molecule has 10 heteroatoms. The Kier molecular flexibility index (Phi) is 13.0. The van der Waals surface area contributed by atoms with Crippen LogP contribution in [0.15, 0.2) is 30.3 Å². The van der Waals surface area contributed by atoms with Crippen LogP contribution in [0.1, 0.15) is 52.5 Å². The van der Waals surface area contributed by atoms with Gasteiger partial charge in [-0.15, -0.1) is 0 Å². The van der Waals surface area contributed by atoms with Crippen molar-refractivity contribution in [3.8, 4) is 0 Å². The van der Waals surface area contributed by atoms with Crippen molar-refractivity contribution >= 4 is 23.7 Å². The van der Waals surface area contributed by atoms with Crippen LogP contribution in [0.3, 0.4) is 0 Å². The molecule has 10 nitrogen and oxygen atoms in total. The van der Waals surface area contributed by atoms with E-state index in [9.17, 15) is 24.3 Å². The lowest BCUT2D eigenvalue weighted by molar-refractivity contribution is -0.143. The smallest absolute Gasteiger partial charge is 0.326 e. The van der Waals surface area contributed by atoms with Gasteiger partial charge in [0.15, 0.2) is 0 Å². The average Bonchev–Trinajstić information content (AvgIpc) is 2.79. The molecule has 196 valence electrons. The van der Waals surface area contributed by atoms with E-state index >= 15 is 0 Å². The molecule has 4 unspecified atom stereocenters. The molecule has 1 aromatic rings. The van der Waals surface area contributed by atoms with Gasteiger partial charge in [0.2, 0.25) is 17.7 Å². The van der Waals surface area contributed by atoms with Gasteiger partial charge in [0, 0.05) is 0 Å². The number of nitrogens with two attached hydrogens (primary N) is 2. The fourth-order valence-electron chi connectivity index (χ4n) is 3.55. The molecule has 1 rings (SSSR count). The Balaban J connectivity index is 2.91. The number of rotatable bonds is 15.